The Labute approximate surface area is 327 Å². The Bertz CT molecular complexity index is 1130. The molecule has 0 aliphatic carbocycles. The molecule has 3 atom stereocenters. The van der Waals surface area contributed by atoms with Gasteiger partial charge in [-0.25, -0.2) is 4.57 Å². The van der Waals surface area contributed by atoms with Gasteiger partial charge in [-0.05, 0) is 57.8 Å². The predicted octanol–water partition coefficient (Wildman–Crippen LogP) is 10.5. The summed E-state index contributed by atoms with van der Waals surface area (Å²) in [7, 11) is -4.64. The second-order valence-corrected chi connectivity index (χ2v) is 14.8. The van der Waals surface area contributed by atoms with Crippen LogP contribution in [0.1, 0.15) is 149 Å². The summed E-state index contributed by atoms with van der Waals surface area (Å²) < 4.78 is 32.5. The lowest BCUT2D eigenvalue weighted by Gasteiger charge is -2.20. The largest absolute Gasteiger partial charge is 0.472 e. The minimum absolute atomic E-state index is 0.0688. The Balaban J connectivity index is 4.46. The van der Waals surface area contributed by atoms with E-state index in [1.54, 1.807) is 0 Å². The highest BCUT2D eigenvalue weighted by molar-refractivity contribution is 7.47. The van der Waals surface area contributed by atoms with Crippen LogP contribution < -0.4 is 0 Å². The molecule has 0 saturated heterocycles. The quantitative estimate of drug-likeness (QED) is 0.0183. The monoisotopic (exact) mass is 780 g/mol. The first-order chi connectivity index (χ1) is 26.2. The lowest BCUT2D eigenvalue weighted by atomic mass is 10.1. The number of rotatable bonds is 37. The molecule has 0 heterocycles. The van der Waals surface area contributed by atoms with Crippen molar-refractivity contribution in [2.24, 2.45) is 0 Å². The maximum Gasteiger partial charge on any atom is 0.472 e. The SMILES string of the molecule is CCCCC/C=C/C=C/C=C/C=C/CCCCCCCC(=O)OCC(COP(=O)(O)OC[C@H](O)CO)OC(=O)CC/C=C/C/C=C/CCCCCCCC. The van der Waals surface area contributed by atoms with E-state index < -0.39 is 51.8 Å². The van der Waals surface area contributed by atoms with Crippen molar-refractivity contribution in [3.63, 3.8) is 0 Å². The first-order valence-electron chi connectivity index (χ1n) is 20.4. The van der Waals surface area contributed by atoms with E-state index in [4.69, 9.17) is 19.1 Å². The van der Waals surface area contributed by atoms with Gasteiger partial charge in [0, 0.05) is 12.8 Å². The molecule has 0 amide bonds. The highest BCUT2D eigenvalue weighted by atomic mass is 31.2. The molecule has 0 aromatic carbocycles. The summed E-state index contributed by atoms with van der Waals surface area (Å²) in [6.07, 6.45) is 43.1. The van der Waals surface area contributed by atoms with Gasteiger partial charge in [0.1, 0.15) is 12.7 Å². The number of aliphatic hydroxyl groups excluding tert-OH is 2. The fourth-order valence-corrected chi connectivity index (χ4v) is 5.79. The molecule has 0 bridgehead atoms. The molecule has 0 radical (unpaired) electrons. The van der Waals surface area contributed by atoms with Gasteiger partial charge in [-0.15, -0.1) is 0 Å². The lowest BCUT2D eigenvalue weighted by molar-refractivity contribution is -0.161. The number of aliphatic hydroxyl groups is 2. The number of hydrogen-bond acceptors (Lipinski definition) is 9. The van der Waals surface area contributed by atoms with Gasteiger partial charge < -0.3 is 24.6 Å². The van der Waals surface area contributed by atoms with Crippen LogP contribution in [0.25, 0.3) is 0 Å². The minimum Gasteiger partial charge on any atom is -0.462 e. The van der Waals surface area contributed by atoms with Crippen LogP contribution in [0.3, 0.4) is 0 Å². The highest BCUT2D eigenvalue weighted by Gasteiger charge is 2.27. The van der Waals surface area contributed by atoms with Crippen LogP contribution in [0.15, 0.2) is 72.9 Å². The third kappa shape index (κ3) is 37.7. The second kappa shape index (κ2) is 38.7. The molecule has 0 aliphatic rings. The Morgan fingerprint density at radius 3 is 1.70 bits per heavy atom. The van der Waals surface area contributed by atoms with Crippen LogP contribution >= 0.6 is 7.82 Å². The van der Waals surface area contributed by atoms with Crippen molar-refractivity contribution >= 4 is 19.8 Å². The number of ether oxygens (including phenoxy) is 2. The number of carbonyl (C=O) groups excluding carboxylic acids is 2. The third-order valence-corrected chi connectivity index (χ3v) is 9.14. The summed E-state index contributed by atoms with van der Waals surface area (Å²) in [4.78, 5) is 34.9. The van der Waals surface area contributed by atoms with Crippen LogP contribution in [0.5, 0.6) is 0 Å². The van der Waals surface area contributed by atoms with E-state index in [0.29, 0.717) is 12.8 Å². The third-order valence-electron chi connectivity index (χ3n) is 8.19. The Morgan fingerprint density at radius 2 is 1.07 bits per heavy atom. The van der Waals surface area contributed by atoms with Crippen molar-refractivity contribution in [3.05, 3.63) is 72.9 Å². The van der Waals surface area contributed by atoms with Gasteiger partial charge in [-0.2, -0.15) is 0 Å². The average molecular weight is 781 g/mol. The van der Waals surface area contributed by atoms with Gasteiger partial charge in [0.15, 0.2) is 6.10 Å². The Kier molecular flexibility index (Phi) is 36.8. The number of phosphoric ester groups is 1. The first kappa shape index (κ1) is 51.4. The van der Waals surface area contributed by atoms with Crippen molar-refractivity contribution in [3.8, 4) is 0 Å². The number of hydrogen-bond donors (Lipinski definition) is 3. The van der Waals surface area contributed by atoms with Crippen LogP contribution in [-0.4, -0.2) is 65.7 Å². The zero-order valence-electron chi connectivity index (χ0n) is 33.4. The molecule has 0 aliphatic heterocycles. The lowest BCUT2D eigenvalue weighted by Crippen LogP contribution is -2.29. The summed E-state index contributed by atoms with van der Waals surface area (Å²) >= 11 is 0. The molecule has 0 aromatic rings. The van der Waals surface area contributed by atoms with E-state index in [-0.39, 0.29) is 19.4 Å². The molecule has 0 rings (SSSR count). The Hall–Kier alpha value is -2.59. The predicted molar refractivity (Wildman–Crippen MR) is 219 cm³/mol. The zero-order valence-corrected chi connectivity index (χ0v) is 34.3. The zero-order chi connectivity index (χ0) is 39.8. The van der Waals surface area contributed by atoms with E-state index in [1.807, 2.05) is 36.5 Å². The number of carbonyl (C=O) groups is 2. The molecule has 3 N–H and O–H groups in total. The normalized spacial score (nSPS) is 14.7. The summed E-state index contributed by atoms with van der Waals surface area (Å²) in [6, 6.07) is 0. The Morgan fingerprint density at radius 1 is 0.574 bits per heavy atom. The van der Waals surface area contributed by atoms with Gasteiger partial charge in [-0.1, -0.05) is 151 Å². The van der Waals surface area contributed by atoms with Gasteiger partial charge in [0.05, 0.1) is 19.8 Å². The smallest absolute Gasteiger partial charge is 0.462 e. The fraction of sp³-hybridized carbons (Fsp3) is 0.674. The summed E-state index contributed by atoms with van der Waals surface area (Å²) in [5, 5.41) is 18.3. The van der Waals surface area contributed by atoms with Gasteiger partial charge >= 0.3 is 19.8 Å². The molecule has 10 nitrogen and oxygen atoms in total. The van der Waals surface area contributed by atoms with Crippen LogP contribution in [0, 0.1) is 0 Å². The van der Waals surface area contributed by atoms with Crippen molar-refractivity contribution in [2.45, 2.75) is 161 Å². The fourth-order valence-electron chi connectivity index (χ4n) is 5.00. The van der Waals surface area contributed by atoms with Gasteiger partial charge in [0.2, 0.25) is 0 Å². The van der Waals surface area contributed by atoms with Crippen LogP contribution in [0.4, 0.5) is 0 Å². The van der Waals surface area contributed by atoms with Crippen LogP contribution in [-0.2, 0) is 32.7 Å². The molecule has 0 aromatic heterocycles. The summed E-state index contributed by atoms with van der Waals surface area (Å²) in [5.74, 6) is -1.04. The average Bonchev–Trinajstić information content (AvgIpc) is 3.16. The molecule has 310 valence electrons. The number of unbranched alkanes of at least 4 members (excludes halogenated alkanes) is 14. The molecular weight excluding hydrogens is 707 g/mol. The molecule has 11 heteroatoms. The molecule has 0 saturated carbocycles. The maximum atomic E-state index is 12.5. The first-order valence-corrected chi connectivity index (χ1v) is 21.9. The van der Waals surface area contributed by atoms with E-state index in [9.17, 15) is 24.2 Å². The topological polar surface area (TPSA) is 149 Å². The summed E-state index contributed by atoms with van der Waals surface area (Å²) in [5.41, 5.74) is 0. The number of allylic oxidation sites excluding steroid dienone is 12. The van der Waals surface area contributed by atoms with E-state index >= 15 is 0 Å². The van der Waals surface area contributed by atoms with E-state index in [0.717, 1.165) is 51.4 Å². The standard InChI is InChI=1S/C43H73O10P/c1-3-5-7-9-11-13-15-17-18-19-20-21-23-24-26-28-30-32-34-42(46)50-38-41(39-52-54(48,49)51-37-40(45)36-44)53-43(47)35-33-31-29-27-25-22-16-14-12-10-8-6-4-2/h11,13,15,17-22,25,29,31,40-41,44-45H,3-10,12,14,16,23-24,26-28,30,32-39H2,1-2H3,(H,48,49)/b13-11+,17-15+,19-18+,21-20+,25-22+,31-29+/t40-,41?/m1/s1. The highest BCUT2D eigenvalue weighted by Crippen LogP contribution is 2.43. The molecule has 2 unspecified atom stereocenters. The van der Waals surface area contributed by atoms with Crippen molar-refractivity contribution < 1.29 is 47.8 Å². The van der Waals surface area contributed by atoms with E-state index in [2.05, 4.69) is 54.8 Å². The van der Waals surface area contributed by atoms with Gasteiger partial charge in [-0.3, -0.25) is 18.6 Å². The summed E-state index contributed by atoms with van der Waals surface area (Å²) in [6.45, 7) is 2.21. The molecule has 0 spiro atoms. The molecular formula is C43H73O10P. The number of esters is 2. The van der Waals surface area contributed by atoms with Crippen LogP contribution in [0.2, 0.25) is 0 Å². The number of phosphoric acid groups is 1. The second-order valence-electron chi connectivity index (χ2n) is 13.4. The van der Waals surface area contributed by atoms with Crippen molar-refractivity contribution in [1.82, 2.24) is 0 Å². The van der Waals surface area contributed by atoms with Crippen molar-refractivity contribution in [1.29, 1.82) is 0 Å². The van der Waals surface area contributed by atoms with Crippen molar-refractivity contribution in [2.75, 3.05) is 26.4 Å². The molecule has 54 heavy (non-hydrogen) atoms. The minimum atomic E-state index is -4.64. The maximum absolute atomic E-state index is 12.5. The van der Waals surface area contributed by atoms with E-state index in [1.165, 1.54) is 57.8 Å². The van der Waals surface area contributed by atoms with Gasteiger partial charge in [0.25, 0.3) is 0 Å². The molecule has 0 fully saturated rings.